The Balaban J connectivity index is 1.13. The highest BCUT2D eigenvalue weighted by molar-refractivity contribution is 5.69. The first-order chi connectivity index (χ1) is 18.1. The van der Waals surface area contributed by atoms with Gasteiger partial charge in [-0.05, 0) is 38.0 Å². The fraction of sp³-hybridized carbons (Fsp3) is 0.565. The number of amides is 1. The second-order valence-corrected chi connectivity index (χ2v) is 10.1. The number of nitrogens with zero attached hydrogens (tertiary/aromatic N) is 4. The summed E-state index contributed by atoms with van der Waals surface area (Å²) in [5.74, 6) is 0.773. The number of alkyl halides is 4. The van der Waals surface area contributed by atoms with Crippen molar-refractivity contribution < 1.29 is 36.6 Å². The predicted octanol–water partition coefficient (Wildman–Crippen LogP) is 4.10. The third kappa shape index (κ3) is 4.70. The topological polar surface area (TPSA) is 128 Å². The van der Waals surface area contributed by atoms with Crippen LogP contribution in [0.4, 0.5) is 34.1 Å². The molecule has 0 aliphatic heterocycles. The van der Waals surface area contributed by atoms with E-state index in [0.29, 0.717) is 30.3 Å². The van der Waals surface area contributed by atoms with Gasteiger partial charge in [0.05, 0.1) is 19.4 Å². The molecule has 38 heavy (non-hydrogen) atoms. The Kier molecular flexibility index (Phi) is 5.85. The number of alkyl carbamates (subject to hydrolysis) is 1. The Morgan fingerprint density at radius 2 is 2.03 bits per heavy atom. The zero-order chi connectivity index (χ0) is 26.7. The number of nitrogens with one attached hydrogen (secondary N) is 3. The molecule has 3 N–H and O–H groups in total. The van der Waals surface area contributed by atoms with Gasteiger partial charge in [0.2, 0.25) is 11.8 Å². The molecular weight excluding hydrogens is 514 g/mol. The van der Waals surface area contributed by atoms with Crippen molar-refractivity contribution in [2.24, 2.45) is 5.92 Å². The Bertz CT molecular complexity index is 1340. The van der Waals surface area contributed by atoms with Gasteiger partial charge in [0.1, 0.15) is 17.9 Å². The van der Waals surface area contributed by atoms with Crippen LogP contribution < -0.4 is 15.4 Å². The van der Waals surface area contributed by atoms with Gasteiger partial charge in [0, 0.05) is 35.5 Å². The lowest BCUT2D eigenvalue weighted by atomic mass is 9.50. The van der Waals surface area contributed by atoms with Crippen LogP contribution in [-0.4, -0.2) is 61.9 Å². The lowest BCUT2D eigenvalue weighted by Crippen LogP contribution is -2.68. The molecule has 2 bridgehead atoms. The summed E-state index contributed by atoms with van der Waals surface area (Å²) in [5, 5.41) is 12.8. The van der Waals surface area contributed by atoms with E-state index in [1.807, 2.05) is 0 Å². The van der Waals surface area contributed by atoms with Crippen molar-refractivity contribution in [2.75, 3.05) is 12.4 Å². The number of rotatable bonds is 8. The van der Waals surface area contributed by atoms with E-state index in [2.05, 4.69) is 35.5 Å². The van der Waals surface area contributed by atoms with Crippen molar-refractivity contribution >= 4 is 23.5 Å². The van der Waals surface area contributed by atoms with Crippen LogP contribution in [0.25, 0.3) is 5.65 Å². The minimum atomic E-state index is -4.79. The van der Waals surface area contributed by atoms with Gasteiger partial charge in [-0.1, -0.05) is 0 Å². The number of anilines is 2. The third-order valence-corrected chi connectivity index (χ3v) is 7.48. The number of hydrogen-bond donors (Lipinski definition) is 3. The number of carbonyl (C=O) groups excluding carboxylic acids is 1. The number of H-pyrrole nitrogens is 1. The molecular formula is C23H25F4N7O4. The van der Waals surface area contributed by atoms with Gasteiger partial charge < -0.3 is 20.1 Å². The van der Waals surface area contributed by atoms with E-state index >= 15 is 4.39 Å². The number of hydrogen-bond acceptors (Lipinski definition) is 8. The van der Waals surface area contributed by atoms with Crippen molar-refractivity contribution in [3.63, 3.8) is 0 Å². The highest BCUT2D eigenvalue weighted by atomic mass is 19.4. The van der Waals surface area contributed by atoms with Crippen LogP contribution in [0, 0.1) is 5.92 Å². The van der Waals surface area contributed by atoms with Gasteiger partial charge in [-0.2, -0.15) is 10.1 Å². The minimum Gasteiger partial charge on any atom is -0.481 e. The van der Waals surface area contributed by atoms with E-state index < -0.39 is 37.3 Å². The molecule has 15 heteroatoms. The van der Waals surface area contributed by atoms with Gasteiger partial charge in [-0.25, -0.2) is 14.2 Å². The first kappa shape index (κ1) is 24.7. The zero-order valence-electron chi connectivity index (χ0n) is 20.2. The Hall–Kier alpha value is -3.62. The van der Waals surface area contributed by atoms with Crippen molar-refractivity contribution in [2.45, 2.75) is 68.8 Å². The number of halogens is 4. The average molecular weight is 539 g/mol. The van der Waals surface area contributed by atoms with Gasteiger partial charge in [0.15, 0.2) is 5.82 Å². The molecule has 4 aliphatic carbocycles. The van der Waals surface area contributed by atoms with Gasteiger partial charge in [-0.3, -0.25) is 14.2 Å². The largest absolute Gasteiger partial charge is 0.522 e. The molecule has 3 aromatic rings. The Labute approximate surface area is 213 Å². The van der Waals surface area contributed by atoms with E-state index in [1.165, 1.54) is 23.8 Å². The molecule has 3 atom stereocenters. The Morgan fingerprint density at radius 3 is 2.71 bits per heavy atom. The molecule has 4 aliphatic rings. The molecule has 0 spiro atoms. The molecule has 0 saturated heterocycles. The molecule has 7 rings (SSSR count). The van der Waals surface area contributed by atoms with Crippen molar-refractivity contribution in [3.05, 3.63) is 29.7 Å². The number of carbonyl (C=O) groups is 1. The minimum absolute atomic E-state index is 0.0264. The second kappa shape index (κ2) is 8.99. The fourth-order valence-electron chi connectivity index (χ4n) is 5.53. The van der Waals surface area contributed by atoms with E-state index in [0.717, 1.165) is 19.3 Å². The van der Waals surface area contributed by atoms with Crippen LogP contribution in [0.3, 0.4) is 0 Å². The molecule has 3 aromatic heterocycles. The molecule has 4 saturated carbocycles. The second-order valence-electron chi connectivity index (χ2n) is 10.1. The molecule has 0 unspecified atom stereocenters. The zero-order valence-corrected chi connectivity index (χ0v) is 20.2. The molecule has 3 heterocycles. The van der Waals surface area contributed by atoms with E-state index in [4.69, 9.17) is 9.47 Å². The van der Waals surface area contributed by atoms with Crippen LogP contribution >= 0.6 is 0 Å². The first-order valence-electron chi connectivity index (χ1n) is 12.2. The highest BCUT2D eigenvalue weighted by Gasteiger charge is 2.58. The summed E-state index contributed by atoms with van der Waals surface area (Å²) in [6.45, 7) is -0.776. The van der Waals surface area contributed by atoms with Crippen LogP contribution in [0.15, 0.2) is 18.3 Å². The highest BCUT2D eigenvalue weighted by Crippen LogP contribution is 2.57. The summed E-state index contributed by atoms with van der Waals surface area (Å²) < 4.78 is 68.4. The lowest BCUT2D eigenvalue weighted by molar-refractivity contribution is -0.330. The number of imidazole rings is 1. The fourth-order valence-corrected chi connectivity index (χ4v) is 5.53. The predicted molar refractivity (Wildman–Crippen MR) is 123 cm³/mol. The van der Waals surface area contributed by atoms with E-state index in [9.17, 15) is 18.0 Å². The standard InChI is InChI=1S/C23H25F4N7O4/c1-36-18-5-17-28-12(10-37-23(25,26)27)9-34(17)20(30-18)29-16-4-14(32-33-16)13-2-3-15(19(13)24)38-21(35)31-22-6-11(7-22)8-22/h4-5,9,11,13,15,19H,2-3,6-8,10H2,1H3,(H,31,35)(H2,29,30,32,33)/t11?,13-,15-,19+,22?/m0/s1. The van der Waals surface area contributed by atoms with Gasteiger partial charge in [0.25, 0.3) is 0 Å². The smallest absolute Gasteiger partial charge is 0.481 e. The van der Waals surface area contributed by atoms with Gasteiger partial charge in [-0.15, -0.1) is 13.2 Å². The van der Waals surface area contributed by atoms with Crippen molar-refractivity contribution in [1.82, 2.24) is 29.9 Å². The molecule has 0 radical (unpaired) electrons. The summed E-state index contributed by atoms with van der Waals surface area (Å²) in [6.07, 6.45) is -2.54. The van der Waals surface area contributed by atoms with Crippen LogP contribution in [0.1, 0.15) is 49.4 Å². The molecule has 4 fully saturated rings. The molecule has 11 nitrogen and oxygen atoms in total. The summed E-state index contributed by atoms with van der Waals surface area (Å²) in [7, 11) is 1.39. The first-order valence-corrected chi connectivity index (χ1v) is 12.2. The molecule has 204 valence electrons. The summed E-state index contributed by atoms with van der Waals surface area (Å²) in [4.78, 5) is 20.7. The van der Waals surface area contributed by atoms with Crippen molar-refractivity contribution in [3.8, 4) is 5.88 Å². The lowest BCUT2D eigenvalue weighted by Gasteiger charge is -2.61. The summed E-state index contributed by atoms with van der Waals surface area (Å²) in [6, 6.07) is 3.06. The number of fused-ring (bicyclic) bond motifs is 1. The summed E-state index contributed by atoms with van der Waals surface area (Å²) in [5.41, 5.74) is 0.664. The van der Waals surface area contributed by atoms with Gasteiger partial charge >= 0.3 is 12.5 Å². The normalized spacial score (nSPS) is 28.0. The maximum Gasteiger partial charge on any atom is 0.522 e. The van der Waals surface area contributed by atoms with Crippen LogP contribution in [0.5, 0.6) is 5.88 Å². The monoisotopic (exact) mass is 539 g/mol. The van der Waals surface area contributed by atoms with Crippen molar-refractivity contribution in [1.29, 1.82) is 0 Å². The number of aromatic nitrogens is 5. The number of aromatic amines is 1. The average Bonchev–Trinajstić information content (AvgIpc) is 3.53. The SMILES string of the molecule is COc1cc2nc(COC(F)(F)F)cn2c(Nc2cc([C@@H]3CC[C@H](OC(=O)NC45CC(C4)C5)[C@@H]3F)[nH]n2)n1. The maximum absolute atomic E-state index is 15.2. The summed E-state index contributed by atoms with van der Waals surface area (Å²) >= 11 is 0. The quantitative estimate of drug-likeness (QED) is 0.365. The Morgan fingerprint density at radius 1 is 1.24 bits per heavy atom. The number of methoxy groups -OCH3 is 1. The number of ether oxygens (including phenoxy) is 3. The van der Waals surface area contributed by atoms with E-state index in [-0.39, 0.29) is 28.7 Å². The maximum atomic E-state index is 15.2. The van der Waals surface area contributed by atoms with Crippen LogP contribution in [-0.2, 0) is 16.1 Å². The van der Waals surface area contributed by atoms with Crippen LogP contribution in [0.2, 0.25) is 0 Å². The molecule has 1 amide bonds. The third-order valence-electron chi connectivity index (χ3n) is 7.48. The van der Waals surface area contributed by atoms with E-state index in [1.54, 1.807) is 6.07 Å². The molecule has 0 aromatic carbocycles.